The molecule has 0 aliphatic carbocycles. The van der Waals surface area contributed by atoms with E-state index in [4.69, 9.17) is 12.2 Å². The molecule has 0 amide bonds. The topological polar surface area (TPSA) is 17.8 Å². The molecule has 0 aromatic carbocycles. The van der Waals surface area contributed by atoms with Gasteiger partial charge in [-0.2, -0.15) is 4.37 Å². The number of hydrogen-bond acceptors (Lipinski definition) is 3. The number of nitrogens with zero attached hydrogens (tertiary/aromatic N) is 2. The second kappa shape index (κ2) is 4.53. The first-order valence-electron chi connectivity index (χ1n) is 5.40. The SMILES string of the molecule is CCCCCC1CCc2nsc(=S)n21. The van der Waals surface area contributed by atoms with Crippen LogP contribution in [-0.4, -0.2) is 8.94 Å². The lowest BCUT2D eigenvalue weighted by Gasteiger charge is -2.11. The lowest BCUT2D eigenvalue weighted by Crippen LogP contribution is -2.03. The summed E-state index contributed by atoms with van der Waals surface area (Å²) in [7, 11) is 0. The second-order valence-corrected chi connectivity index (χ2v) is 5.32. The van der Waals surface area contributed by atoms with Crippen molar-refractivity contribution in [1.29, 1.82) is 0 Å². The van der Waals surface area contributed by atoms with E-state index >= 15 is 0 Å². The normalized spacial score (nSPS) is 19.9. The summed E-state index contributed by atoms with van der Waals surface area (Å²) < 4.78 is 7.63. The standard InChI is InChI=1S/C10H16N2S2/c1-2-3-4-5-8-6-7-9-11-14-10(13)12(8)9/h8H,2-7H2,1H3. The molecule has 1 aliphatic heterocycles. The van der Waals surface area contributed by atoms with Crippen LogP contribution in [0.1, 0.15) is 50.9 Å². The van der Waals surface area contributed by atoms with Crippen LogP contribution in [0.15, 0.2) is 0 Å². The van der Waals surface area contributed by atoms with Crippen LogP contribution >= 0.6 is 23.8 Å². The van der Waals surface area contributed by atoms with Gasteiger partial charge in [0.05, 0.1) is 0 Å². The van der Waals surface area contributed by atoms with Crippen LogP contribution < -0.4 is 0 Å². The Morgan fingerprint density at radius 2 is 2.43 bits per heavy atom. The molecule has 0 radical (unpaired) electrons. The molecule has 1 atom stereocenters. The summed E-state index contributed by atoms with van der Waals surface area (Å²) in [6, 6.07) is 0.655. The van der Waals surface area contributed by atoms with Crippen molar-refractivity contribution in [3.05, 3.63) is 9.78 Å². The molecule has 1 aromatic heterocycles. The molecule has 0 N–H and O–H groups in total. The van der Waals surface area contributed by atoms with Gasteiger partial charge in [-0.1, -0.05) is 26.2 Å². The van der Waals surface area contributed by atoms with E-state index < -0.39 is 0 Å². The van der Waals surface area contributed by atoms with E-state index in [1.54, 1.807) is 0 Å². The Morgan fingerprint density at radius 3 is 3.21 bits per heavy atom. The fourth-order valence-electron chi connectivity index (χ4n) is 2.14. The molecule has 2 rings (SSSR count). The van der Waals surface area contributed by atoms with Gasteiger partial charge in [-0.15, -0.1) is 0 Å². The highest BCUT2D eigenvalue weighted by Crippen LogP contribution is 2.31. The summed E-state index contributed by atoms with van der Waals surface area (Å²) in [5.41, 5.74) is 0. The Hall–Kier alpha value is -0.220. The highest BCUT2D eigenvalue weighted by molar-refractivity contribution is 7.73. The summed E-state index contributed by atoms with van der Waals surface area (Å²) >= 11 is 6.76. The van der Waals surface area contributed by atoms with E-state index in [1.165, 1.54) is 49.5 Å². The van der Waals surface area contributed by atoms with Gasteiger partial charge >= 0.3 is 0 Å². The van der Waals surface area contributed by atoms with Crippen molar-refractivity contribution >= 4 is 23.8 Å². The number of rotatable bonds is 4. The van der Waals surface area contributed by atoms with Crippen molar-refractivity contribution < 1.29 is 0 Å². The van der Waals surface area contributed by atoms with E-state index in [9.17, 15) is 0 Å². The quantitative estimate of drug-likeness (QED) is 0.577. The van der Waals surface area contributed by atoms with Crippen LogP contribution in [0.3, 0.4) is 0 Å². The average molecular weight is 228 g/mol. The fourth-order valence-corrected chi connectivity index (χ4v) is 3.21. The average Bonchev–Trinajstić information content (AvgIpc) is 2.72. The Bertz CT molecular complexity index is 353. The maximum atomic E-state index is 5.29. The lowest BCUT2D eigenvalue weighted by molar-refractivity contribution is 0.460. The Labute approximate surface area is 94.1 Å². The third-order valence-electron chi connectivity index (χ3n) is 2.91. The first-order chi connectivity index (χ1) is 6.83. The zero-order valence-corrected chi connectivity index (χ0v) is 10.2. The molecule has 0 fully saturated rings. The highest BCUT2D eigenvalue weighted by Gasteiger charge is 2.23. The summed E-state index contributed by atoms with van der Waals surface area (Å²) in [5.74, 6) is 1.22. The van der Waals surface area contributed by atoms with E-state index in [0.29, 0.717) is 6.04 Å². The van der Waals surface area contributed by atoms with Crippen molar-refractivity contribution in [2.75, 3.05) is 0 Å². The van der Waals surface area contributed by atoms with Gasteiger partial charge in [0.1, 0.15) is 5.82 Å². The summed E-state index contributed by atoms with van der Waals surface area (Å²) in [5, 5.41) is 0. The summed E-state index contributed by atoms with van der Waals surface area (Å²) in [4.78, 5) is 0. The number of hydrogen-bond donors (Lipinski definition) is 0. The molecule has 0 bridgehead atoms. The lowest BCUT2D eigenvalue weighted by atomic mass is 10.1. The first kappa shape index (κ1) is 10.3. The minimum absolute atomic E-state index is 0.655. The maximum absolute atomic E-state index is 5.29. The largest absolute Gasteiger partial charge is 0.307 e. The third-order valence-corrected chi connectivity index (χ3v) is 3.99. The van der Waals surface area contributed by atoms with Crippen LogP contribution in [-0.2, 0) is 6.42 Å². The number of aromatic nitrogens is 2. The van der Waals surface area contributed by atoms with Crippen molar-refractivity contribution in [3.8, 4) is 0 Å². The maximum Gasteiger partial charge on any atom is 0.180 e. The molecule has 2 nitrogen and oxygen atoms in total. The van der Waals surface area contributed by atoms with Crippen LogP contribution in [0.2, 0.25) is 0 Å². The third kappa shape index (κ3) is 1.91. The van der Waals surface area contributed by atoms with Gasteiger partial charge in [0.25, 0.3) is 0 Å². The predicted molar refractivity (Wildman–Crippen MR) is 62.4 cm³/mol. The van der Waals surface area contributed by atoms with Gasteiger partial charge < -0.3 is 4.57 Å². The van der Waals surface area contributed by atoms with Gasteiger partial charge in [0.2, 0.25) is 0 Å². The van der Waals surface area contributed by atoms with Gasteiger partial charge in [-0.25, -0.2) is 0 Å². The van der Waals surface area contributed by atoms with E-state index in [-0.39, 0.29) is 0 Å². The van der Waals surface area contributed by atoms with Gasteiger partial charge in [-0.05, 0) is 36.6 Å². The smallest absolute Gasteiger partial charge is 0.180 e. The molecule has 0 saturated carbocycles. The number of fused-ring (bicyclic) bond motifs is 1. The molecule has 78 valence electrons. The Morgan fingerprint density at radius 1 is 1.57 bits per heavy atom. The van der Waals surface area contributed by atoms with Crippen molar-refractivity contribution in [2.45, 2.75) is 51.5 Å². The van der Waals surface area contributed by atoms with Crippen LogP contribution in [0.4, 0.5) is 0 Å². The first-order valence-corrected chi connectivity index (χ1v) is 6.58. The summed E-state index contributed by atoms with van der Waals surface area (Å²) in [6.07, 6.45) is 7.64. The zero-order valence-electron chi connectivity index (χ0n) is 8.53. The molecule has 4 heteroatoms. The molecule has 0 spiro atoms. The Balaban J connectivity index is 2.02. The molecule has 0 saturated heterocycles. The van der Waals surface area contributed by atoms with Crippen molar-refractivity contribution in [2.24, 2.45) is 0 Å². The Kier molecular flexibility index (Phi) is 3.34. The van der Waals surface area contributed by atoms with E-state index in [1.807, 2.05) is 0 Å². The number of unbranched alkanes of at least 4 members (excludes halogenated alkanes) is 2. The molecule has 14 heavy (non-hydrogen) atoms. The van der Waals surface area contributed by atoms with Gasteiger partial charge in [-0.3, -0.25) is 0 Å². The molecular weight excluding hydrogens is 212 g/mol. The van der Waals surface area contributed by atoms with Gasteiger partial charge in [0, 0.05) is 12.5 Å². The minimum atomic E-state index is 0.655. The number of aryl methyl sites for hydroxylation is 1. The zero-order chi connectivity index (χ0) is 9.97. The van der Waals surface area contributed by atoms with E-state index in [0.717, 1.165) is 10.4 Å². The molecule has 2 heterocycles. The van der Waals surface area contributed by atoms with Crippen LogP contribution in [0, 0.1) is 3.95 Å². The molecule has 1 aliphatic rings. The summed E-state index contributed by atoms with van der Waals surface area (Å²) in [6.45, 7) is 2.25. The monoisotopic (exact) mass is 228 g/mol. The molecule has 1 unspecified atom stereocenters. The van der Waals surface area contributed by atoms with Gasteiger partial charge in [0.15, 0.2) is 3.95 Å². The van der Waals surface area contributed by atoms with Crippen molar-refractivity contribution in [3.63, 3.8) is 0 Å². The van der Waals surface area contributed by atoms with E-state index in [2.05, 4.69) is 15.9 Å². The van der Waals surface area contributed by atoms with Crippen molar-refractivity contribution in [1.82, 2.24) is 8.94 Å². The molecular formula is C10H16N2S2. The predicted octanol–water partition coefficient (Wildman–Crippen LogP) is 3.74. The van der Waals surface area contributed by atoms with Crippen LogP contribution in [0.25, 0.3) is 0 Å². The minimum Gasteiger partial charge on any atom is -0.307 e. The highest BCUT2D eigenvalue weighted by atomic mass is 32.2. The fraction of sp³-hybridized carbons (Fsp3) is 0.800. The van der Waals surface area contributed by atoms with Crippen LogP contribution in [0.5, 0.6) is 0 Å². The molecule has 1 aromatic rings. The second-order valence-electron chi connectivity index (χ2n) is 3.92.